The minimum atomic E-state index is -1.17. The molecule has 0 heterocycles. The molecule has 0 saturated heterocycles. The van der Waals surface area contributed by atoms with E-state index in [0.29, 0.717) is 5.69 Å². The quantitative estimate of drug-likeness (QED) is 0.486. The molecule has 0 aliphatic rings. The van der Waals surface area contributed by atoms with Crippen LogP contribution in [0.4, 0.5) is 11.4 Å². The zero-order valence-electron chi connectivity index (χ0n) is 14.3. The van der Waals surface area contributed by atoms with E-state index in [4.69, 9.17) is 10.4 Å². The first-order chi connectivity index (χ1) is 13.3. The van der Waals surface area contributed by atoms with E-state index in [2.05, 4.69) is 10.6 Å². The van der Waals surface area contributed by atoms with Crippen molar-refractivity contribution in [3.8, 4) is 6.07 Å². The van der Waals surface area contributed by atoms with Crippen LogP contribution in [0.1, 0.15) is 27.1 Å². The highest BCUT2D eigenvalue weighted by atomic mass is 16.6. The van der Waals surface area contributed by atoms with Crippen LogP contribution in [0, 0.1) is 21.4 Å². The summed E-state index contributed by atoms with van der Waals surface area (Å²) >= 11 is 0. The maximum Gasteiger partial charge on any atom is 0.335 e. The van der Waals surface area contributed by atoms with Crippen LogP contribution in [-0.2, 0) is 4.79 Å². The summed E-state index contributed by atoms with van der Waals surface area (Å²) in [5.74, 6) is -2.46. The number of nitrogens with zero attached hydrogens (tertiary/aromatic N) is 2. The number of nitrogens with one attached hydrogen (secondary N) is 2. The lowest BCUT2D eigenvalue weighted by Gasteiger charge is -2.16. The van der Waals surface area contributed by atoms with Gasteiger partial charge >= 0.3 is 5.97 Å². The topological polar surface area (TPSA) is 162 Å². The molecule has 0 saturated carbocycles. The van der Waals surface area contributed by atoms with E-state index in [1.165, 1.54) is 36.4 Å². The number of anilines is 1. The summed E-state index contributed by atoms with van der Waals surface area (Å²) in [6.07, 6.45) is -0.308. The molecule has 142 valence electrons. The summed E-state index contributed by atoms with van der Waals surface area (Å²) in [5, 5.41) is 33.3. The minimum Gasteiger partial charge on any atom is -0.478 e. The molecule has 0 fully saturated rings. The number of rotatable bonds is 7. The molecule has 0 spiro atoms. The van der Waals surface area contributed by atoms with E-state index in [1.807, 2.05) is 0 Å². The van der Waals surface area contributed by atoms with E-state index in [1.54, 1.807) is 6.07 Å². The van der Waals surface area contributed by atoms with Crippen molar-refractivity contribution in [1.29, 1.82) is 5.26 Å². The molecule has 0 aliphatic heterocycles. The van der Waals surface area contributed by atoms with Crippen LogP contribution in [0.15, 0.2) is 48.5 Å². The van der Waals surface area contributed by atoms with E-state index >= 15 is 0 Å². The molecule has 10 nitrogen and oxygen atoms in total. The van der Waals surface area contributed by atoms with Crippen molar-refractivity contribution >= 4 is 29.2 Å². The van der Waals surface area contributed by atoms with E-state index in [0.717, 1.165) is 12.1 Å². The molecule has 2 aromatic carbocycles. The third-order valence-corrected chi connectivity index (χ3v) is 3.66. The van der Waals surface area contributed by atoms with Gasteiger partial charge in [-0.15, -0.1) is 0 Å². The Balaban J connectivity index is 2.07. The van der Waals surface area contributed by atoms with Crippen molar-refractivity contribution in [2.75, 3.05) is 5.32 Å². The van der Waals surface area contributed by atoms with Gasteiger partial charge in [-0.05, 0) is 36.4 Å². The summed E-state index contributed by atoms with van der Waals surface area (Å²) in [5.41, 5.74) is 0.236. The fourth-order valence-electron chi connectivity index (χ4n) is 2.20. The predicted molar refractivity (Wildman–Crippen MR) is 96.6 cm³/mol. The molecule has 0 aromatic heterocycles. The number of aromatic carboxylic acids is 1. The van der Waals surface area contributed by atoms with Crippen LogP contribution in [0.25, 0.3) is 0 Å². The Hall–Kier alpha value is -4.26. The zero-order chi connectivity index (χ0) is 20.7. The largest absolute Gasteiger partial charge is 0.478 e. The van der Waals surface area contributed by atoms with E-state index in [-0.39, 0.29) is 23.2 Å². The van der Waals surface area contributed by atoms with Crippen molar-refractivity contribution in [2.45, 2.75) is 12.5 Å². The Morgan fingerprint density at radius 1 is 1.07 bits per heavy atom. The van der Waals surface area contributed by atoms with Crippen LogP contribution in [0.5, 0.6) is 0 Å². The highest BCUT2D eigenvalue weighted by Gasteiger charge is 2.22. The van der Waals surface area contributed by atoms with Crippen LogP contribution in [0.3, 0.4) is 0 Å². The maximum atomic E-state index is 12.3. The SMILES string of the molecule is N#CCC(NC(=O)c1ccc([N+](=O)[O-])cc1)C(=O)Nc1ccc(C(=O)O)cc1. The lowest BCUT2D eigenvalue weighted by molar-refractivity contribution is -0.384. The highest BCUT2D eigenvalue weighted by molar-refractivity contribution is 6.01. The Labute approximate surface area is 158 Å². The Bertz CT molecular complexity index is 948. The number of carbonyl (C=O) groups is 3. The van der Waals surface area contributed by atoms with Crippen molar-refractivity contribution in [1.82, 2.24) is 5.32 Å². The third-order valence-electron chi connectivity index (χ3n) is 3.66. The summed E-state index contributed by atoms with van der Waals surface area (Å²) in [6, 6.07) is 10.7. The molecule has 0 aliphatic carbocycles. The van der Waals surface area contributed by atoms with Crippen molar-refractivity contribution in [3.63, 3.8) is 0 Å². The zero-order valence-corrected chi connectivity index (χ0v) is 14.3. The van der Waals surface area contributed by atoms with Gasteiger partial charge in [0.2, 0.25) is 5.91 Å². The normalized spacial score (nSPS) is 11.0. The molecule has 1 unspecified atom stereocenters. The molecule has 2 amide bonds. The number of nitro benzene ring substituents is 1. The van der Waals surface area contributed by atoms with Gasteiger partial charge in [0.15, 0.2) is 0 Å². The third kappa shape index (κ3) is 5.12. The van der Waals surface area contributed by atoms with Gasteiger partial charge in [0.25, 0.3) is 11.6 Å². The molecule has 3 N–H and O–H groups in total. The van der Waals surface area contributed by atoms with E-state index < -0.39 is 28.7 Å². The smallest absolute Gasteiger partial charge is 0.335 e. The number of nitro groups is 1. The number of nitriles is 1. The molecular weight excluding hydrogens is 368 g/mol. The average molecular weight is 382 g/mol. The number of benzene rings is 2. The number of non-ortho nitro benzene ring substituents is 1. The highest BCUT2D eigenvalue weighted by Crippen LogP contribution is 2.13. The number of carbonyl (C=O) groups excluding carboxylic acids is 2. The number of carboxylic acids is 1. The number of hydrogen-bond acceptors (Lipinski definition) is 6. The van der Waals surface area contributed by atoms with Gasteiger partial charge in [-0.3, -0.25) is 19.7 Å². The van der Waals surface area contributed by atoms with Crippen molar-refractivity contribution < 1.29 is 24.4 Å². The lowest BCUT2D eigenvalue weighted by Crippen LogP contribution is -2.43. The van der Waals surface area contributed by atoms with E-state index in [9.17, 15) is 24.5 Å². The predicted octanol–water partition coefficient (Wildman–Crippen LogP) is 1.94. The molecular formula is C18H14N4O6. The standard InChI is InChI=1S/C18H14N4O6/c19-10-9-15(17(24)20-13-5-1-12(2-6-13)18(25)26)21-16(23)11-3-7-14(8-4-11)22(27)28/h1-8,15H,9H2,(H,20,24)(H,21,23)(H,25,26). The number of hydrogen-bond donors (Lipinski definition) is 3. The van der Waals surface area contributed by atoms with Gasteiger partial charge in [0.05, 0.1) is 23.0 Å². The molecule has 0 radical (unpaired) electrons. The Kier molecular flexibility index (Phi) is 6.38. The van der Waals surface area contributed by atoms with Gasteiger partial charge in [0.1, 0.15) is 6.04 Å². The molecule has 2 aromatic rings. The van der Waals surface area contributed by atoms with Crippen LogP contribution >= 0.6 is 0 Å². The van der Waals surface area contributed by atoms with Gasteiger partial charge < -0.3 is 15.7 Å². The second kappa shape index (κ2) is 8.91. The van der Waals surface area contributed by atoms with Gasteiger partial charge in [-0.2, -0.15) is 5.26 Å². The number of amides is 2. The summed E-state index contributed by atoms with van der Waals surface area (Å²) < 4.78 is 0. The fraction of sp³-hybridized carbons (Fsp3) is 0.111. The molecule has 0 bridgehead atoms. The molecule has 28 heavy (non-hydrogen) atoms. The van der Waals surface area contributed by atoms with Crippen molar-refractivity contribution in [3.05, 3.63) is 69.8 Å². The molecule has 2 rings (SSSR count). The molecule has 1 atom stereocenters. The van der Waals surface area contributed by atoms with Crippen molar-refractivity contribution in [2.24, 2.45) is 0 Å². The molecule has 10 heteroatoms. The Morgan fingerprint density at radius 3 is 2.14 bits per heavy atom. The van der Waals surface area contributed by atoms with Gasteiger partial charge in [-0.25, -0.2) is 4.79 Å². The average Bonchev–Trinajstić information content (AvgIpc) is 2.68. The van der Waals surface area contributed by atoms with Crippen LogP contribution < -0.4 is 10.6 Å². The monoisotopic (exact) mass is 382 g/mol. The summed E-state index contributed by atoms with van der Waals surface area (Å²) in [4.78, 5) is 45.5. The maximum absolute atomic E-state index is 12.3. The van der Waals surface area contributed by atoms with Gasteiger partial charge in [0, 0.05) is 23.4 Å². The minimum absolute atomic E-state index is 0.0399. The summed E-state index contributed by atoms with van der Waals surface area (Å²) in [6.45, 7) is 0. The second-order valence-corrected chi connectivity index (χ2v) is 5.56. The lowest BCUT2D eigenvalue weighted by atomic mass is 10.1. The Morgan fingerprint density at radius 2 is 1.64 bits per heavy atom. The van der Waals surface area contributed by atoms with Crippen LogP contribution in [0.2, 0.25) is 0 Å². The summed E-state index contributed by atoms with van der Waals surface area (Å²) in [7, 11) is 0. The van der Waals surface area contributed by atoms with Crippen LogP contribution in [-0.4, -0.2) is 33.9 Å². The second-order valence-electron chi connectivity index (χ2n) is 5.56. The number of carboxylic acid groups (broad SMARTS) is 1. The first-order valence-corrected chi connectivity index (χ1v) is 7.88. The fourth-order valence-corrected chi connectivity index (χ4v) is 2.20. The first-order valence-electron chi connectivity index (χ1n) is 7.88. The van der Waals surface area contributed by atoms with Gasteiger partial charge in [-0.1, -0.05) is 0 Å². The first kappa shape index (κ1) is 20.1.